The maximum absolute atomic E-state index is 5.83. The Balaban J connectivity index is 2.08. The van der Waals surface area contributed by atoms with Crippen molar-refractivity contribution in [1.82, 2.24) is 9.97 Å². The van der Waals surface area contributed by atoms with Gasteiger partial charge in [-0.25, -0.2) is 9.97 Å². The van der Waals surface area contributed by atoms with Gasteiger partial charge in [0.05, 0.1) is 0 Å². The molecule has 0 radical (unpaired) electrons. The van der Waals surface area contributed by atoms with Crippen LogP contribution in [-0.4, -0.2) is 22.6 Å². The van der Waals surface area contributed by atoms with Crippen LogP contribution in [0.4, 0.5) is 5.82 Å². The lowest BCUT2D eigenvalue weighted by molar-refractivity contribution is 0.606. The van der Waals surface area contributed by atoms with E-state index < -0.39 is 0 Å². The number of hydrogen-bond donors (Lipinski definition) is 2. The van der Waals surface area contributed by atoms with Crippen LogP contribution < -0.4 is 11.1 Å². The summed E-state index contributed by atoms with van der Waals surface area (Å²) in [5.41, 5.74) is 8.38. The molecule has 0 aromatic carbocycles. The highest BCUT2D eigenvalue weighted by Crippen LogP contribution is 2.25. The van der Waals surface area contributed by atoms with E-state index in [1.807, 2.05) is 0 Å². The van der Waals surface area contributed by atoms with Crippen molar-refractivity contribution in [3.63, 3.8) is 0 Å². The van der Waals surface area contributed by atoms with E-state index in [4.69, 9.17) is 5.73 Å². The molecule has 0 spiro atoms. The zero-order chi connectivity index (χ0) is 12.8. The second kappa shape index (κ2) is 6.69. The Bertz CT molecular complexity index is 378. The molecule has 1 aliphatic rings. The fourth-order valence-corrected chi connectivity index (χ4v) is 2.54. The average molecular weight is 248 g/mol. The molecule has 1 aromatic heterocycles. The Hall–Kier alpha value is -1.16. The maximum Gasteiger partial charge on any atom is 0.133 e. The van der Waals surface area contributed by atoms with Crippen molar-refractivity contribution >= 4 is 5.82 Å². The summed E-state index contributed by atoms with van der Waals surface area (Å²) in [4.78, 5) is 8.80. The van der Waals surface area contributed by atoms with E-state index in [0.717, 1.165) is 25.1 Å². The van der Waals surface area contributed by atoms with Gasteiger partial charge >= 0.3 is 0 Å². The number of aryl methyl sites for hydroxylation is 1. The zero-order valence-electron chi connectivity index (χ0n) is 11.3. The largest absolute Gasteiger partial charge is 0.366 e. The lowest BCUT2D eigenvalue weighted by Crippen LogP contribution is -2.30. The van der Waals surface area contributed by atoms with Crippen LogP contribution in [0.1, 0.15) is 50.3 Å². The lowest BCUT2D eigenvalue weighted by atomic mass is 9.96. The maximum atomic E-state index is 5.83. The van der Waals surface area contributed by atoms with E-state index in [2.05, 4.69) is 22.2 Å². The number of hydrogen-bond acceptors (Lipinski definition) is 4. The molecule has 0 aliphatic heterocycles. The summed E-state index contributed by atoms with van der Waals surface area (Å²) in [5, 5.41) is 3.52. The summed E-state index contributed by atoms with van der Waals surface area (Å²) in [5.74, 6) is 1.02. The number of nitrogens with two attached hydrogens (primary N) is 1. The second-order valence-corrected chi connectivity index (χ2v) is 5.07. The number of rotatable bonds is 6. The fraction of sp³-hybridized carbons (Fsp3) is 0.714. The highest BCUT2D eigenvalue weighted by atomic mass is 15.0. The molecule has 2 rings (SSSR count). The summed E-state index contributed by atoms with van der Waals surface area (Å²) in [6, 6.07) is 0.339. The molecule has 4 heteroatoms. The molecule has 1 aromatic rings. The number of nitrogens with one attached hydrogen (secondary N) is 1. The van der Waals surface area contributed by atoms with E-state index in [1.54, 1.807) is 6.33 Å². The van der Waals surface area contributed by atoms with Crippen LogP contribution in [0.15, 0.2) is 6.33 Å². The van der Waals surface area contributed by atoms with Crippen molar-refractivity contribution in [3.8, 4) is 0 Å². The molecule has 0 amide bonds. The van der Waals surface area contributed by atoms with Crippen LogP contribution in [0, 0.1) is 0 Å². The minimum Gasteiger partial charge on any atom is -0.366 e. The van der Waals surface area contributed by atoms with E-state index >= 15 is 0 Å². The van der Waals surface area contributed by atoms with Crippen molar-refractivity contribution < 1.29 is 0 Å². The number of fused-ring (bicyclic) bond motifs is 1. The first kappa shape index (κ1) is 13.3. The zero-order valence-corrected chi connectivity index (χ0v) is 11.3. The van der Waals surface area contributed by atoms with Gasteiger partial charge in [0.15, 0.2) is 0 Å². The summed E-state index contributed by atoms with van der Waals surface area (Å²) in [7, 11) is 0. The molecule has 1 aliphatic carbocycles. The first-order valence-corrected chi connectivity index (χ1v) is 7.14. The van der Waals surface area contributed by atoms with E-state index in [1.165, 1.54) is 36.9 Å². The SMILES string of the molecule is CCCCC(CN)Nc1ncnc2c1CCCC2. The summed E-state index contributed by atoms with van der Waals surface area (Å²) < 4.78 is 0. The molecule has 18 heavy (non-hydrogen) atoms. The summed E-state index contributed by atoms with van der Waals surface area (Å²) in [6.45, 7) is 2.87. The normalized spacial score (nSPS) is 16.1. The van der Waals surface area contributed by atoms with Crippen molar-refractivity contribution in [2.75, 3.05) is 11.9 Å². The highest BCUT2D eigenvalue weighted by Gasteiger charge is 2.17. The minimum atomic E-state index is 0.339. The first-order chi connectivity index (χ1) is 8.85. The predicted molar refractivity (Wildman–Crippen MR) is 74.7 cm³/mol. The van der Waals surface area contributed by atoms with E-state index in [9.17, 15) is 0 Å². The van der Waals surface area contributed by atoms with Gasteiger partial charge in [-0.05, 0) is 32.1 Å². The van der Waals surface area contributed by atoms with Gasteiger partial charge in [0, 0.05) is 23.8 Å². The second-order valence-electron chi connectivity index (χ2n) is 5.07. The average Bonchev–Trinajstić information content (AvgIpc) is 2.43. The Morgan fingerprint density at radius 3 is 2.94 bits per heavy atom. The molecule has 0 fully saturated rings. The highest BCUT2D eigenvalue weighted by molar-refractivity contribution is 5.47. The molecular weight excluding hydrogens is 224 g/mol. The van der Waals surface area contributed by atoms with Crippen LogP contribution in [-0.2, 0) is 12.8 Å². The van der Waals surface area contributed by atoms with Gasteiger partial charge in [-0.1, -0.05) is 19.8 Å². The fourth-order valence-electron chi connectivity index (χ4n) is 2.54. The third kappa shape index (κ3) is 3.19. The Kier molecular flexibility index (Phi) is 4.93. The van der Waals surface area contributed by atoms with Crippen molar-refractivity contribution in [2.45, 2.75) is 57.9 Å². The molecule has 100 valence electrons. The monoisotopic (exact) mass is 248 g/mol. The van der Waals surface area contributed by atoms with Crippen molar-refractivity contribution in [1.29, 1.82) is 0 Å². The topological polar surface area (TPSA) is 63.8 Å². The third-order valence-electron chi connectivity index (χ3n) is 3.66. The van der Waals surface area contributed by atoms with Gasteiger partial charge in [0.25, 0.3) is 0 Å². The molecule has 0 saturated carbocycles. The standard InChI is InChI=1S/C14H24N4/c1-2-3-6-11(9-15)18-14-12-7-4-5-8-13(12)16-10-17-14/h10-11H,2-9,15H2,1H3,(H,16,17,18). The van der Waals surface area contributed by atoms with E-state index in [0.29, 0.717) is 12.6 Å². The molecule has 0 saturated heterocycles. The number of aromatic nitrogens is 2. The molecule has 1 unspecified atom stereocenters. The summed E-state index contributed by atoms with van der Waals surface area (Å²) >= 11 is 0. The van der Waals surface area contributed by atoms with Crippen LogP contribution in [0.3, 0.4) is 0 Å². The Labute approximate surface area is 109 Å². The van der Waals surface area contributed by atoms with Gasteiger partial charge in [-0.15, -0.1) is 0 Å². The first-order valence-electron chi connectivity index (χ1n) is 7.14. The van der Waals surface area contributed by atoms with Crippen LogP contribution >= 0.6 is 0 Å². The molecule has 1 atom stereocenters. The summed E-state index contributed by atoms with van der Waals surface area (Å²) in [6.07, 6.45) is 9.91. The molecule has 3 N–H and O–H groups in total. The number of unbranched alkanes of at least 4 members (excludes halogenated alkanes) is 1. The predicted octanol–water partition coefficient (Wildman–Crippen LogP) is 2.28. The Morgan fingerprint density at radius 1 is 1.33 bits per heavy atom. The third-order valence-corrected chi connectivity index (χ3v) is 3.66. The van der Waals surface area contributed by atoms with E-state index in [-0.39, 0.29) is 0 Å². The smallest absolute Gasteiger partial charge is 0.133 e. The van der Waals surface area contributed by atoms with Crippen molar-refractivity contribution in [3.05, 3.63) is 17.6 Å². The Morgan fingerprint density at radius 2 is 2.17 bits per heavy atom. The molecule has 4 nitrogen and oxygen atoms in total. The van der Waals surface area contributed by atoms with Gasteiger partial charge in [0.2, 0.25) is 0 Å². The number of nitrogens with zero attached hydrogens (tertiary/aromatic N) is 2. The number of anilines is 1. The van der Waals surface area contributed by atoms with Crippen molar-refractivity contribution in [2.24, 2.45) is 5.73 Å². The van der Waals surface area contributed by atoms with Gasteiger partial charge in [-0.2, -0.15) is 0 Å². The van der Waals surface area contributed by atoms with Crippen LogP contribution in [0.2, 0.25) is 0 Å². The molecular formula is C14H24N4. The quantitative estimate of drug-likeness (QED) is 0.810. The minimum absolute atomic E-state index is 0.339. The van der Waals surface area contributed by atoms with Gasteiger partial charge in [0.1, 0.15) is 12.1 Å². The van der Waals surface area contributed by atoms with Crippen LogP contribution in [0.5, 0.6) is 0 Å². The van der Waals surface area contributed by atoms with Gasteiger partial charge in [-0.3, -0.25) is 0 Å². The molecule has 1 heterocycles. The van der Waals surface area contributed by atoms with Gasteiger partial charge < -0.3 is 11.1 Å². The molecule has 0 bridgehead atoms. The van der Waals surface area contributed by atoms with Crippen LogP contribution in [0.25, 0.3) is 0 Å². The lowest BCUT2D eigenvalue weighted by Gasteiger charge is -2.22.